The Labute approximate surface area is 104 Å². The topological polar surface area (TPSA) is 42.2 Å². The molecular formula is C12H12ClN3O. The Bertz CT molecular complexity index is 526. The number of anilines is 2. The molecule has 0 bridgehead atoms. The van der Waals surface area contributed by atoms with Crippen LogP contribution in [0.15, 0.2) is 28.7 Å². The van der Waals surface area contributed by atoms with Crippen molar-refractivity contribution in [3.05, 3.63) is 35.7 Å². The lowest BCUT2D eigenvalue weighted by molar-refractivity contribution is 0.502. The number of benzene rings is 1. The second kappa shape index (κ2) is 4.37. The number of nitrogens with zero attached hydrogens (tertiary/aromatic N) is 3. The van der Waals surface area contributed by atoms with Crippen LogP contribution in [0.2, 0.25) is 0 Å². The SMILES string of the molecule is ClCCc1nnc(N2CCc3ccccc32)o1. The van der Waals surface area contributed by atoms with E-state index in [-0.39, 0.29) is 0 Å². The Kier molecular flexibility index (Phi) is 2.73. The van der Waals surface area contributed by atoms with E-state index in [1.807, 2.05) is 6.07 Å². The van der Waals surface area contributed by atoms with E-state index in [0.717, 1.165) is 18.7 Å². The zero-order valence-corrected chi connectivity index (χ0v) is 10.0. The number of fused-ring (bicyclic) bond motifs is 1. The van der Waals surface area contributed by atoms with Crippen molar-refractivity contribution in [1.82, 2.24) is 10.2 Å². The van der Waals surface area contributed by atoms with Crippen molar-refractivity contribution in [3.8, 4) is 0 Å². The standard InChI is InChI=1S/C12H12ClN3O/c13-7-5-11-14-15-12(17-11)16-8-6-9-3-1-2-4-10(9)16/h1-4H,5-8H2. The van der Waals surface area contributed by atoms with Gasteiger partial charge < -0.3 is 4.42 Å². The van der Waals surface area contributed by atoms with Crippen LogP contribution < -0.4 is 4.90 Å². The van der Waals surface area contributed by atoms with E-state index in [2.05, 4.69) is 33.3 Å². The van der Waals surface area contributed by atoms with Gasteiger partial charge in [0.25, 0.3) is 0 Å². The highest BCUT2D eigenvalue weighted by atomic mass is 35.5. The number of aromatic nitrogens is 2. The maximum absolute atomic E-state index is 5.64. The fourth-order valence-corrected chi connectivity index (χ4v) is 2.23. The summed E-state index contributed by atoms with van der Waals surface area (Å²) in [6.07, 6.45) is 1.63. The number of hydrogen-bond acceptors (Lipinski definition) is 4. The van der Waals surface area contributed by atoms with Crippen LogP contribution in [0, 0.1) is 0 Å². The summed E-state index contributed by atoms with van der Waals surface area (Å²) in [4.78, 5) is 2.06. The van der Waals surface area contributed by atoms with Crippen LogP contribution in [0.4, 0.5) is 11.7 Å². The highest BCUT2D eigenvalue weighted by molar-refractivity contribution is 6.17. The Hall–Kier alpha value is -1.55. The van der Waals surface area contributed by atoms with Gasteiger partial charge in [0.1, 0.15) is 0 Å². The van der Waals surface area contributed by atoms with Crippen LogP contribution in [-0.2, 0) is 12.8 Å². The van der Waals surface area contributed by atoms with Crippen molar-refractivity contribution in [3.63, 3.8) is 0 Å². The normalized spacial score (nSPS) is 14.1. The second-order valence-electron chi connectivity index (χ2n) is 3.95. The van der Waals surface area contributed by atoms with Gasteiger partial charge in [0, 0.05) is 24.5 Å². The molecule has 1 aliphatic rings. The molecule has 0 fully saturated rings. The molecule has 0 radical (unpaired) electrons. The first-order valence-electron chi connectivity index (χ1n) is 5.62. The molecule has 4 nitrogen and oxygen atoms in total. The Morgan fingerprint density at radius 1 is 1.29 bits per heavy atom. The lowest BCUT2D eigenvalue weighted by atomic mass is 10.2. The summed E-state index contributed by atoms with van der Waals surface area (Å²) in [7, 11) is 0. The highest BCUT2D eigenvalue weighted by Gasteiger charge is 2.23. The fourth-order valence-electron chi connectivity index (χ4n) is 2.07. The van der Waals surface area contributed by atoms with Crippen molar-refractivity contribution in [2.75, 3.05) is 17.3 Å². The van der Waals surface area contributed by atoms with E-state index in [0.29, 0.717) is 24.2 Å². The highest BCUT2D eigenvalue weighted by Crippen LogP contribution is 2.33. The Morgan fingerprint density at radius 3 is 3.06 bits per heavy atom. The van der Waals surface area contributed by atoms with Gasteiger partial charge >= 0.3 is 6.01 Å². The molecule has 0 saturated carbocycles. The second-order valence-corrected chi connectivity index (χ2v) is 4.33. The average molecular weight is 250 g/mol. The number of aryl methyl sites for hydroxylation is 1. The summed E-state index contributed by atoms with van der Waals surface area (Å²) in [6.45, 7) is 0.891. The lowest BCUT2D eigenvalue weighted by Gasteiger charge is -2.12. The van der Waals surface area contributed by atoms with E-state index in [9.17, 15) is 0 Å². The number of alkyl halides is 1. The Balaban J connectivity index is 1.90. The molecule has 0 aliphatic carbocycles. The number of hydrogen-bond donors (Lipinski definition) is 0. The van der Waals surface area contributed by atoms with Gasteiger partial charge in [0.05, 0.1) is 0 Å². The first-order valence-corrected chi connectivity index (χ1v) is 6.16. The molecule has 0 amide bonds. The number of halogens is 1. The minimum absolute atomic E-state index is 0.498. The minimum Gasteiger partial charge on any atom is -0.408 e. The molecule has 0 N–H and O–H groups in total. The van der Waals surface area contributed by atoms with Gasteiger partial charge in [-0.05, 0) is 18.1 Å². The Morgan fingerprint density at radius 2 is 2.18 bits per heavy atom. The molecule has 17 heavy (non-hydrogen) atoms. The predicted molar refractivity (Wildman–Crippen MR) is 65.9 cm³/mol. The summed E-state index contributed by atoms with van der Waals surface area (Å²) < 4.78 is 5.58. The molecule has 3 rings (SSSR count). The summed E-state index contributed by atoms with van der Waals surface area (Å²) in [5, 5.41) is 8.05. The van der Waals surface area contributed by atoms with Crippen LogP contribution in [0.3, 0.4) is 0 Å². The fraction of sp³-hybridized carbons (Fsp3) is 0.333. The quantitative estimate of drug-likeness (QED) is 0.784. The van der Waals surface area contributed by atoms with Crippen molar-refractivity contribution in [1.29, 1.82) is 0 Å². The van der Waals surface area contributed by atoms with E-state index >= 15 is 0 Å². The molecule has 0 saturated heterocycles. The minimum atomic E-state index is 0.498. The smallest absolute Gasteiger partial charge is 0.322 e. The molecular weight excluding hydrogens is 238 g/mol. The molecule has 5 heteroatoms. The number of rotatable bonds is 3. The van der Waals surface area contributed by atoms with E-state index in [1.54, 1.807) is 0 Å². The first-order chi connectivity index (χ1) is 8.38. The average Bonchev–Trinajstić information content (AvgIpc) is 2.95. The molecule has 0 atom stereocenters. The predicted octanol–water partition coefficient (Wildman–Crippen LogP) is 2.55. The molecule has 2 aromatic rings. The molecule has 1 aromatic carbocycles. The van der Waals surface area contributed by atoms with Gasteiger partial charge in [-0.15, -0.1) is 16.7 Å². The largest absolute Gasteiger partial charge is 0.408 e. The third-order valence-electron chi connectivity index (χ3n) is 2.88. The van der Waals surface area contributed by atoms with Gasteiger partial charge in [-0.3, -0.25) is 4.90 Å². The van der Waals surface area contributed by atoms with Gasteiger partial charge in [-0.1, -0.05) is 23.3 Å². The van der Waals surface area contributed by atoms with E-state index in [1.165, 1.54) is 5.56 Å². The third-order valence-corrected chi connectivity index (χ3v) is 3.07. The summed E-state index contributed by atoms with van der Waals surface area (Å²) >= 11 is 5.64. The van der Waals surface area contributed by atoms with Crippen molar-refractivity contribution >= 4 is 23.3 Å². The maximum Gasteiger partial charge on any atom is 0.322 e. The molecule has 1 aromatic heterocycles. The van der Waals surface area contributed by atoms with Gasteiger partial charge in [0.15, 0.2) is 0 Å². The van der Waals surface area contributed by atoms with Crippen LogP contribution >= 0.6 is 11.6 Å². The van der Waals surface area contributed by atoms with Gasteiger partial charge in [-0.25, -0.2) is 0 Å². The zero-order valence-electron chi connectivity index (χ0n) is 9.27. The summed E-state index contributed by atoms with van der Waals surface area (Å²) in [5.41, 5.74) is 2.48. The van der Waals surface area contributed by atoms with E-state index in [4.69, 9.17) is 16.0 Å². The van der Waals surface area contributed by atoms with E-state index < -0.39 is 0 Å². The van der Waals surface area contributed by atoms with Crippen LogP contribution in [0.25, 0.3) is 0 Å². The van der Waals surface area contributed by atoms with Crippen molar-refractivity contribution in [2.24, 2.45) is 0 Å². The zero-order chi connectivity index (χ0) is 11.7. The van der Waals surface area contributed by atoms with Gasteiger partial charge in [-0.2, -0.15) is 0 Å². The molecule has 1 aliphatic heterocycles. The van der Waals surface area contributed by atoms with Crippen molar-refractivity contribution < 1.29 is 4.42 Å². The lowest BCUT2D eigenvalue weighted by Crippen LogP contribution is -2.13. The summed E-state index contributed by atoms with van der Waals surface area (Å²) in [6, 6.07) is 8.84. The monoisotopic (exact) mass is 249 g/mol. The number of para-hydroxylation sites is 1. The summed E-state index contributed by atoms with van der Waals surface area (Å²) in [5.74, 6) is 1.09. The first kappa shape index (κ1) is 10.6. The molecule has 88 valence electrons. The van der Waals surface area contributed by atoms with Crippen LogP contribution in [0.5, 0.6) is 0 Å². The van der Waals surface area contributed by atoms with Crippen molar-refractivity contribution in [2.45, 2.75) is 12.8 Å². The van der Waals surface area contributed by atoms with Gasteiger partial charge in [0.2, 0.25) is 5.89 Å². The molecule has 0 spiro atoms. The van der Waals surface area contributed by atoms with Crippen LogP contribution in [-0.4, -0.2) is 22.6 Å². The maximum atomic E-state index is 5.64. The molecule has 2 heterocycles. The molecule has 0 unspecified atom stereocenters. The van der Waals surface area contributed by atoms with Crippen LogP contribution in [0.1, 0.15) is 11.5 Å². The third kappa shape index (κ3) is 1.89.